The molecular weight excluding hydrogens is 150 g/mol. The van der Waals surface area contributed by atoms with Crippen molar-refractivity contribution >= 4 is 5.91 Å². The van der Waals surface area contributed by atoms with E-state index in [1.54, 1.807) is 0 Å². The number of carbonyl (C=O) groups is 1. The van der Waals surface area contributed by atoms with Crippen LogP contribution in [0.5, 0.6) is 0 Å². The molecule has 0 aliphatic heterocycles. The van der Waals surface area contributed by atoms with Gasteiger partial charge in [-0.2, -0.15) is 0 Å². The summed E-state index contributed by atoms with van der Waals surface area (Å²) in [4.78, 5) is 11.0. The summed E-state index contributed by atoms with van der Waals surface area (Å²) in [6.45, 7) is 5.64. The van der Waals surface area contributed by atoms with Crippen LogP contribution in [-0.4, -0.2) is 11.9 Å². The van der Waals surface area contributed by atoms with Crippen LogP contribution in [0.2, 0.25) is 0 Å². The molecule has 0 aromatic rings. The van der Waals surface area contributed by atoms with Crippen molar-refractivity contribution in [3.05, 3.63) is 12.7 Å². The molecule has 1 N–H and O–H groups in total. The highest BCUT2D eigenvalue weighted by atomic mass is 16.1. The first-order valence-electron chi connectivity index (χ1n) is 4.67. The van der Waals surface area contributed by atoms with Crippen LogP contribution in [0, 0.1) is 5.92 Å². The molecule has 0 unspecified atom stereocenters. The molecule has 2 atom stereocenters. The van der Waals surface area contributed by atoms with Gasteiger partial charge in [-0.3, -0.25) is 4.79 Å². The van der Waals surface area contributed by atoms with E-state index >= 15 is 0 Å². The molecule has 1 rings (SSSR count). The van der Waals surface area contributed by atoms with Gasteiger partial charge in [0.25, 0.3) is 0 Å². The average molecular weight is 167 g/mol. The monoisotopic (exact) mass is 167 g/mol. The van der Waals surface area contributed by atoms with E-state index in [1.165, 1.54) is 25.3 Å². The smallest absolute Gasteiger partial charge is 0.243 e. The van der Waals surface area contributed by atoms with Crippen molar-refractivity contribution < 1.29 is 4.79 Å². The summed E-state index contributed by atoms with van der Waals surface area (Å²) in [6, 6.07) is 0.379. The van der Waals surface area contributed by atoms with Crippen LogP contribution in [0.25, 0.3) is 0 Å². The lowest BCUT2D eigenvalue weighted by atomic mass is 9.86. The predicted molar refractivity (Wildman–Crippen MR) is 49.8 cm³/mol. The molecule has 0 radical (unpaired) electrons. The van der Waals surface area contributed by atoms with E-state index in [-0.39, 0.29) is 5.91 Å². The number of hydrogen-bond donors (Lipinski definition) is 1. The van der Waals surface area contributed by atoms with Crippen molar-refractivity contribution in [1.29, 1.82) is 0 Å². The molecule has 1 amide bonds. The normalized spacial score (nSPS) is 29.4. The fourth-order valence-corrected chi connectivity index (χ4v) is 1.77. The fraction of sp³-hybridized carbons (Fsp3) is 0.700. The zero-order chi connectivity index (χ0) is 8.97. The zero-order valence-corrected chi connectivity index (χ0v) is 7.68. The number of hydrogen-bond acceptors (Lipinski definition) is 1. The van der Waals surface area contributed by atoms with Gasteiger partial charge in [0.05, 0.1) is 0 Å². The van der Waals surface area contributed by atoms with Gasteiger partial charge in [0.15, 0.2) is 0 Å². The van der Waals surface area contributed by atoms with Crippen LogP contribution in [-0.2, 0) is 4.79 Å². The molecular formula is C10H17NO. The van der Waals surface area contributed by atoms with Gasteiger partial charge in [-0.15, -0.1) is 0 Å². The molecule has 0 heterocycles. The Bertz CT molecular complexity index is 177. The highest BCUT2D eigenvalue weighted by Crippen LogP contribution is 2.23. The van der Waals surface area contributed by atoms with Gasteiger partial charge in [0.2, 0.25) is 5.91 Å². The Hall–Kier alpha value is -0.790. The van der Waals surface area contributed by atoms with Crippen molar-refractivity contribution in [3.8, 4) is 0 Å². The van der Waals surface area contributed by atoms with Gasteiger partial charge < -0.3 is 5.32 Å². The second-order valence-electron chi connectivity index (χ2n) is 3.58. The molecule has 1 aliphatic rings. The first-order valence-corrected chi connectivity index (χ1v) is 4.67. The Balaban J connectivity index is 2.38. The number of nitrogens with one attached hydrogen (secondary N) is 1. The fourth-order valence-electron chi connectivity index (χ4n) is 1.77. The maximum Gasteiger partial charge on any atom is 0.243 e. The topological polar surface area (TPSA) is 29.1 Å². The van der Waals surface area contributed by atoms with Crippen molar-refractivity contribution in [2.75, 3.05) is 0 Å². The molecule has 2 nitrogen and oxygen atoms in total. The predicted octanol–water partition coefficient (Wildman–Crippen LogP) is 1.87. The van der Waals surface area contributed by atoms with Gasteiger partial charge >= 0.3 is 0 Å². The minimum Gasteiger partial charge on any atom is -0.350 e. The van der Waals surface area contributed by atoms with Gasteiger partial charge in [-0.05, 0) is 24.8 Å². The first kappa shape index (κ1) is 9.30. The number of rotatable bonds is 2. The van der Waals surface area contributed by atoms with Crippen LogP contribution in [0.15, 0.2) is 12.7 Å². The van der Waals surface area contributed by atoms with E-state index in [1.807, 2.05) is 0 Å². The van der Waals surface area contributed by atoms with E-state index in [9.17, 15) is 4.79 Å². The summed E-state index contributed by atoms with van der Waals surface area (Å²) in [7, 11) is 0. The molecule has 0 spiro atoms. The minimum atomic E-state index is -0.0336. The summed E-state index contributed by atoms with van der Waals surface area (Å²) in [6.07, 6.45) is 6.26. The summed E-state index contributed by atoms with van der Waals surface area (Å²) >= 11 is 0. The summed E-state index contributed by atoms with van der Waals surface area (Å²) < 4.78 is 0. The molecule has 1 aliphatic carbocycles. The van der Waals surface area contributed by atoms with E-state index in [2.05, 4.69) is 18.8 Å². The largest absolute Gasteiger partial charge is 0.350 e. The Morgan fingerprint density at radius 1 is 1.50 bits per heavy atom. The van der Waals surface area contributed by atoms with Gasteiger partial charge in [-0.25, -0.2) is 0 Å². The van der Waals surface area contributed by atoms with E-state index in [4.69, 9.17) is 0 Å². The minimum absolute atomic E-state index is 0.0336. The Kier molecular flexibility index (Phi) is 3.32. The van der Waals surface area contributed by atoms with Crippen molar-refractivity contribution in [1.82, 2.24) is 5.32 Å². The molecule has 1 fully saturated rings. The number of amides is 1. The SMILES string of the molecule is C=CC(=O)N[C@H]1CCCC[C@H]1C. The Morgan fingerprint density at radius 3 is 2.75 bits per heavy atom. The van der Waals surface area contributed by atoms with Crippen LogP contribution >= 0.6 is 0 Å². The van der Waals surface area contributed by atoms with Gasteiger partial charge in [0.1, 0.15) is 0 Å². The maximum absolute atomic E-state index is 11.0. The van der Waals surface area contributed by atoms with Crippen molar-refractivity contribution in [2.24, 2.45) is 5.92 Å². The third kappa shape index (κ3) is 2.36. The lowest BCUT2D eigenvalue weighted by Crippen LogP contribution is -2.40. The molecule has 0 aromatic heterocycles. The summed E-state index contributed by atoms with van der Waals surface area (Å²) in [5.74, 6) is 0.594. The summed E-state index contributed by atoms with van der Waals surface area (Å²) in [5.41, 5.74) is 0. The van der Waals surface area contributed by atoms with Crippen molar-refractivity contribution in [3.63, 3.8) is 0 Å². The molecule has 0 aromatic carbocycles. The zero-order valence-electron chi connectivity index (χ0n) is 7.68. The standard InChI is InChI=1S/C10H17NO/c1-3-10(12)11-9-7-5-4-6-8(9)2/h3,8-9H,1,4-7H2,2H3,(H,11,12)/t8-,9+/m1/s1. The van der Waals surface area contributed by atoms with Gasteiger partial charge in [0, 0.05) is 6.04 Å². The lowest BCUT2D eigenvalue weighted by Gasteiger charge is -2.28. The quantitative estimate of drug-likeness (QED) is 0.625. The molecule has 0 bridgehead atoms. The molecule has 12 heavy (non-hydrogen) atoms. The number of carbonyl (C=O) groups excluding carboxylic acids is 1. The third-order valence-corrected chi connectivity index (χ3v) is 2.62. The highest BCUT2D eigenvalue weighted by molar-refractivity contribution is 5.87. The third-order valence-electron chi connectivity index (χ3n) is 2.62. The Morgan fingerprint density at radius 2 is 2.17 bits per heavy atom. The highest BCUT2D eigenvalue weighted by Gasteiger charge is 2.21. The summed E-state index contributed by atoms with van der Waals surface area (Å²) in [5, 5.41) is 2.96. The second-order valence-corrected chi connectivity index (χ2v) is 3.58. The average Bonchev–Trinajstić information content (AvgIpc) is 2.09. The molecule has 1 saturated carbocycles. The van der Waals surface area contributed by atoms with Crippen molar-refractivity contribution in [2.45, 2.75) is 38.6 Å². The second kappa shape index (κ2) is 4.29. The first-order chi connectivity index (χ1) is 5.74. The lowest BCUT2D eigenvalue weighted by molar-refractivity contribution is -0.117. The van der Waals surface area contributed by atoms with E-state index in [0.717, 1.165) is 6.42 Å². The van der Waals surface area contributed by atoms with Crippen LogP contribution in [0.3, 0.4) is 0 Å². The van der Waals surface area contributed by atoms with Crippen LogP contribution in [0.1, 0.15) is 32.6 Å². The molecule has 0 saturated heterocycles. The van der Waals surface area contributed by atoms with E-state index in [0.29, 0.717) is 12.0 Å². The van der Waals surface area contributed by atoms with Gasteiger partial charge in [-0.1, -0.05) is 26.3 Å². The van der Waals surface area contributed by atoms with Crippen LogP contribution in [0.4, 0.5) is 0 Å². The Labute approximate surface area is 74.0 Å². The van der Waals surface area contributed by atoms with E-state index < -0.39 is 0 Å². The van der Waals surface area contributed by atoms with Crippen LogP contribution < -0.4 is 5.32 Å². The maximum atomic E-state index is 11.0. The molecule has 2 heteroatoms. The molecule has 68 valence electrons.